The van der Waals surface area contributed by atoms with E-state index in [2.05, 4.69) is 11.4 Å². The molecule has 0 bridgehead atoms. The van der Waals surface area contributed by atoms with Crippen molar-refractivity contribution in [2.24, 2.45) is 0 Å². The van der Waals surface area contributed by atoms with E-state index in [0.717, 1.165) is 25.0 Å². The molecule has 2 atom stereocenters. The van der Waals surface area contributed by atoms with Crippen molar-refractivity contribution in [1.29, 1.82) is 5.26 Å². The first-order valence-electron chi connectivity index (χ1n) is 6.95. The summed E-state index contributed by atoms with van der Waals surface area (Å²) in [6.07, 6.45) is 2.30. The number of nitrogens with one attached hydrogen (secondary N) is 1. The lowest BCUT2D eigenvalue weighted by atomic mass is 10.1. The lowest BCUT2D eigenvalue weighted by Crippen LogP contribution is -2.29. The summed E-state index contributed by atoms with van der Waals surface area (Å²) in [5, 5.41) is 22.2. The Balaban J connectivity index is 2.02. The molecule has 20 heavy (non-hydrogen) atoms. The normalized spacial score (nSPS) is 19.5. The maximum absolute atomic E-state index is 9.67. The molecule has 1 heterocycles. The molecule has 108 valence electrons. The number of hydrogen-bond donors (Lipinski definition) is 2. The highest BCUT2D eigenvalue weighted by Gasteiger charge is 2.18. The summed E-state index contributed by atoms with van der Waals surface area (Å²) in [5.41, 5.74) is 0.784. The Labute approximate surface area is 119 Å². The summed E-state index contributed by atoms with van der Waals surface area (Å²) < 4.78 is 10.9. The number of phenolic OH excluding ortho intramolecular Hbond substituents is 1. The molecule has 1 fully saturated rings. The molecule has 1 aliphatic heterocycles. The lowest BCUT2D eigenvalue weighted by Gasteiger charge is -2.16. The standard InChI is InChI=1S/C15H20N2O3/c1-2-19-15-8-11(5-6-14(15)18)13(9-16)17-10-12-4-3-7-20-12/h5-6,8,12-13,17-18H,2-4,7,10H2,1H3. The van der Waals surface area contributed by atoms with Gasteiger partial charge < -0.3 is 14.6 Å². The van der Waals surface area contributed by atoms with Crippen LogP contribution in [-0.2, 0) is 4.74 Å². The third-order valence-electron chi connectivity index (χ3n) is 3.32. The Morgan fingerprint density at radius 1 is 1.60 bits per heavy atom. The molecule has 1 aromatic rings. The second-order valence-corrected chi connectivity index (χ2v) is 4.77. The van der Waals surface area contributed by atoms with Crippen molar-refractivity contribution in [2.45, 2.75) is 31.9 Å². The van der Waals surface area contributed by atoms with Crippen LogP contribution in [0.25, 0.3) is 0 Å². The van der Waals surface area contributed by atoms with Crippen LogP contribution in [0.15, 0.2) is 18.2 Å². The number of ether oxygens (including phenoxy) is 2. The Hall–Kier alpha value is -1.77. The van der Waals surface area contributed by atoms with Crippen molar-refractivity contribution in [3.05, 3.63) is 23.8 Å². The number of hydrogen-bond acceptors (Lipinski definition) is 5. The van der Waals surface area contributed by atoms with E-state index in [1.807, 2.05) is 6.92 Å². The minimum Gasteiger partial charge on any atom is -0.504 e. The molecule has 0 aliphatic carbocycles. The second kappa shape index (κ2) is 7.13. The highest BCUT2D eigenvalue weighted by atomic mass is 16.5. The van der Waals surface area contributed by atoms with E-state index in [1.54, 1.807) is 18.2 Å². The minimum atomic E-state index is -0.431. The van der Waals surface area contributed by atoms with Crippen LogP contribution >= 0.6 is 0 Å². The SMILES string of the molecule is CCOc1cc(C(C#N)NCC2CCCO2)ccc1O. The van der Waals surface area contributed by atoms with Gasteiger partial charge >= 0.3 is 0 Å². The third kappa shape index (κ3) is 3.62. The van der Waals surface area contributed by atoms with Crippen molar-refractivity contribution in [3.8, 4) is 17.6 Å². The third-order valence-corrected chi connectivity index (χ3v) is 3.32. The van der Waals surface area contributed by atoms with E-state index in [1.165, 1.54) is 0 Å². The van der Waals surface area contributed by atoms with Gasteiger partial charge in [-0.05, 0) is 37.5 Å². The van der Waals surface area contributed by atoms with E-state index in [9.17, 15) is 10.4 Å². The van der Waals surface area contributed by atoms with Gasteiger partial charge in [0.1, 0.15) is 6.04 Å². The van der Waals surface area contributed by atoms with Crippen LogP contribution in [0, 0.1) is 11.3 Å². The molecule has 0 aromatic heterocycles. The molecule has 0 saturated carbocycles. The maximum atomic E-state index is 9.67. The Morgan fingerprint density at radius 3 is 3.10 bits per heavy atom. The molecule has 2 unspecified atom stereocenters. The molecular formula is C15H20N2O3. The van der Waals surface area contributed by atoms with Gasteiger partial charge in [-0.1, -0.05) is 6.07 Å². The van der Waals surface area contributed by atoms with Crippen LogP contribution in [-0.4, -0.2) is 31.0 Å². The summed E-state index contributed by atoms with van der Waals surface area (Å²) in [7, 11) is 0. The van der Waals surface area contributed by atoms with Gasteiger partial charge in [-0.3, -0.25) is 5.32 Å². The van der Waals surface area contributed by atoms with Crippen LogP contribution in [0.2, 0.25) is 0 Å². The van der Waals surface area contributed by atoms with Gasteiger partial charge in [0.15, 0.2) is 11.5 Å². The van der Waals surface area contributed by atoms with Crippen LogP contribution in [0.5, 0.6) is 11.5 Å². The lowest BCUT2D eigenvalue weighted by molar-refractivity contribution is 0.109. The molecule has 5 nitrogen and oxygen atoms in total. The monoisotopic (exact) mass is 276 g/mol. The molecule has 1 aromatic carbocycles. The van der Waals surface area contributed by atoms with E-state index in [4.69, 9.17) is 9.47 Å². The van der Waals surface area contributed by atoms with Crippen LogP contribution in [0.1, 0.15) is 31.4 Å². The van der Waals surface area contributed by atoms with Gasteiger partial charge in [0, 0.05) is 13.2 Å². The van der Waals surface area contributed by atoms with E-state index >= 15 is 0 Å². The molecule has 0 amide bonds. The zero-order chi connectivity index (χ0) is 14.4. The maximum Gasteiger partial charge on any atom is 0.161 e. The zero-order valence-electron chi connectivity index (χ0n) is 11.6. The van der Waals surface area contributed by atoms with Crippen molar-refractivity contribution in [1.82, 2.24) is 5.32 Å². The van der Waals surface area contributed by atoms with E-state index in [-0.39, 0.29) is 11.9 Å². The van der Waals surface area contributed by atoms with Crippen molar-refractivity contribution < 1.29 is 14.6 Å². The average Bonchev–Trinajstić information content (AvgIpc) is 2.96. The Kier molecular flexibility index (Phi) is 5.22. The quantitative estimate of drug-likeness (QED) is 0.832. The number of phenols is 1. The summed E-state index contributed by atoms with van der Waals surface area (Å²) >= 11 is 0. The predicted molar refractivity (Wildman–Crippen MR) is 74.6 cm³/mol. The zero-order valence-corrected chi connectivity index (χ0v) is 11.6. The topological polar surface area (TPSA) is 74.5 Å². The number of benzene rings is 1. The van der Waals surface area contributed by atoms with Gasteiger partial charge in [0.25, 0.3) is 0 Å². The van der Waals surface area contributed by atoms with Gasteiger partial charge in [-0.15, -0.1) is 0 Å². The molecule has 1 aliphatic rings. The van der Waals surface area contributed by atoms with Gasteiger partial charge in [-0.2, -0.15) is 5.26 Å². The molecule has 0 radical (unpaired) electrons. The Morgan fingerprint density at radius 2 is 2.45 bits per heavy atom. The summed E-state index contributed by atoms with van der Waals surface area (Å²) in [6, 6.07) is 6.78. The fourth-order valence-corrected chi connectivity index (χ4v) is 2.27. The predicted octanol–water partition coefficient (Wildman–Crippen LogP) is 2.12. The largest absolute Gasteiger partial charge is 0.504 e. The number of aromatic hydroxyl groups is 1. The molecular weight excluding hydrogens is 256 g/mol. The first kappa shape index (κ1) is 14.6. The molecule has 1 saturated heterocycles. The molecule has 2 rings (SSSR count). The van der Waals surface area contributed by atoms with Gasteiger partial charge in [-0.25, -0.2) is 0 Å². The second-order valence-electron chi connectivity index (χ2n) is 4.77. The van der Waals surface area contributed by atoms with Crippen molar-refractivity contribution in [3.63, 3.8) is 0 Å². The van der Waals surface area contributed by atoms with Crippen LogP contribution in [0.3, 0.4) is 0 Å². The average molecular weight is 276 g/mol. The van der Waals surface area contributed by atoms with E-state index < -0.39 is 6.04 Å². The fraction of sp³-hybridized carbons (Fsp3) is 0.533. The first-order chi connectivity index (χ1) is 9.74. The molecule has 2 N–H and O–H groups in total. The van der Waals surface area contributed by atoms with Crippen molar-refractivity contribution >= 4 is 0 Å². The summed E-state index contributed by atoms with van der Waals surface area (Å²) in [6.45, 7) is 3.78. The first-order valence-corrected chi connectivity index (χ1v) is 6.95. The van der Waals surface area contributed by atoms with Crippen molar-refractivity contribution in [2.75, 3.05) is 19.8 Å². The highest BCUT2D eigenvalue weighted by Crippen LogP contribution is 2.29. The number of nitrogens with zero attached hydrogens (tertiary/aromatic N) is 1. The van der Waals surface area contributed by atoms with Crippen LogP contribution < -0.4 is 10.1 Å². The van der Waals surface area contributed by atoms with Crippen LogP contribution in [0.4, 0.5) is 0 Å². The highest BCUT2D eigenvalue weighted by molar-refractivity contribution is 5.43. The van der Waals surface area contributed by atoms with Gasteiger partial charge in [0.05, 0.1) is 18.8 Å². The smallest absolute Gasteiger partial charge is 0.161 e. The van der Waals surface area contributed by atoms with E-state index in [0.29, 0.717) is 18.9 Å². The fourth-order valence-electron chi connectivity index (χ4n) is 2.27. The Bertz CT molecular complexity index is 478. The molecule has 5 heteroatoms. The summed E-state index contributed by atoms with van der Waals surface area (Å²) in [4.78, 5) is 0. The number of nitriles is 1. The minimum absolute atomic E-state index is 0.0893. The molecule has 0 spiro atoms. The summed E-state index contributed by atoms with van der Waals surface area (Å²) in [5.74, 6) is 0.496. The van der Waals surface area contributed by atoms with Gasteiger partial charge in [0.2, 0.25) is 0 Å². The number of rotatable bonds is 6.